The minimum atomic E-state index is -0.205. The molecule has 7 heteroatoms. The lowest BCUT2D eigenvalue weighted by atomic mass is 9.76. The van der Waals surface area contributed by atoms with Crippen molar-refractivity contribution in [3.8, 4) is 0 Å². The van der Waals surface area contributed by atoms with Crippen LogP contribution in [0, 0.1) is 5.92 Å². The summed E-state index contributed by atoms with van der Waals surface area (Å²) >= 11 is 13.5. The number of carbonyl (C=O) groups is 1. The summed E-state index contributed by atoms with van der Waals surface area (Å²) in [7, 11) is 0. The molecule has 1 aliphatic heterocycles. The van der Waals surface area contributed by atoms with Crippen LogP contribution in [0.5, 0.6) is 0 Å². The van der Waals surface area contributed by atoms with Crippen LogP contribution in [0.2, 0.25) is 5.02 Å². The van der Waals surface area contributed by atoms with Crippen molar-refractivity contribution in [2.75, 3.05) is 19.7 Å². The lowest BCUT2D eigenvalue weighted by Gasteiger charge is -2.36. The first-order valence-electron chi connectivity index (χ1n) is 11.4. The van der Waals surface area contributed by atoms with E-state index in [4.69, 9.17) is 16.3 Å². The van der Waals surface area contributed by atoms with Gasteiger partial charge in [0.15, 0.2) is 0 Å². The largest absolute Gasteiger partial charge is 0.450 e. The average molecular weight is 607 g/mol. The fraction of sp³-hybridized carbons (Fsp3) is 0.500. The van der Waals surface area contributed by atoms with Crippen molar-refractivity contribution >= 4 is 55.6 Å². The second kappa shape index (κ2) is 18.1. The summed E-state index contributed by atoms with van der Waals surface area (Å²) in [4.78, 5) is 13.8. The van der Waals surface area contributed by atoms with Crippen molar-refractivity contribution in [1.82, 2.24) is 4.90 Å². The van der Waals surface area contributed by atoms with E-state index < -0.39 is 0 Å². The van der Waals surface area contributed by atoms with Crippen LogP contribution in [0.3, 0.4) is 0 Å². The number of hydrogen-bond donors (Lipinski definition) is 1. The van der Waals surface area contributed by atoms with E-state index in [9.17, 15) is 4.79 Å². The van der Waals surface area contributed by atoms with Crippen molar-refractivity contribution in [1.29, 1.82) is 0 Å². The molecule has 0 aliphatic carbocycles. The molecule has 0 spiro atoms. The van der Waals surface area contributed by atoms with E-state index in [0.29, 0.717) is 23.5 Å². The van der Waals surface area contributed by atoms with E-state index in [0.717, 1.165) is 46.9 Å². The Morgan fingerprint density at radius 2 is 1.85 bits per heavy atom. The summed E-state index contributed by atoms with van der Waals surface area (Å²) in [5, 5.41) is 0.702. The molecule has 1 fully saturated rings. The predicted molar refractivity (Wildman–Crippen MR) is 151 cm³/mol. The minimum Gasteiger partial charge on any atom is -0.450 e. The van der Waals surface area contributed by atoms with Crippen molar-refractivity contribution in [3.05, 3.63) is 62.7 Å². The molecular weight excluding hydrogens is 568 g/mol. The second-order valence-corrected chi connectivity index (χ2v) is 10.2. The van der Waals surface area contributed by atoms with E-state index in [1.165, 1.54) is 18.2 Å². The van der Waals surface area contributed by atoms with Crippen molar-refractivity contribution in [2.45, 2.75) is 59.3 Å². The Morgan fingerprint density at radius 3 is 2.30 bits per heavy atom. The van der Waals surface area contributed by atoms with Crippen LogP contribution >= 0.6 is 43.5 Å². The van der Waals surface area contributed by atoms with Crippen LogP contribution in [0.1, 0.15) is 70.4 Å². The van der Waals surface area contributed by atoms with Gasteiger partial charge in [-0.25, -0.2) is 4.79 Å². The Labute approximate surface area is 222 Å². The lowest BCUT2D eigenvalue weighted by Crippen LogP contribution is -2.40. The molecule has 1 aromatic carbocycles. The van der Waals surface area contributed by atoms with E-state index in [1.54, 1.807) is 0 Å². The molecule has 186 valence electrons. The number of halogens is 3. The number of allylic oxidation sites excluding steroid dienone is 2. The molecule has 4 nitrogen and oxygen atoms in total. The van der Waals surface area contributed by atoms with Crippen molar-refractivity contribution in [3.63, 3.8) is 0 Å². The molecule has 1 saturated heterocycles. The summed E-state index contributed by atoms with van der Waals surface area (Å²) in [6.45, 7) is 17.1. The maximum absolute atomic E-state index is 12.0. The van der Waals surface area contributed by atoms with Gasteiger partial charge in [0, 0.05) is 17.6 Å². The summed E-state index contributed by atoms with van der Waals surface area (Å²) < 4.78 is 7.09. The molecule has 0 aromatic heterocycles. The first-order valence-corrected chi connectivity index (χ1v) is 13.3. The van der Waals surface area contributed by atoms with Crippen molar-refractivity contribution < 1.29 is 9.53 Å². The Morgan fingerprint density at radius 1 is 1.30 bits per heavy atom. The number of benzene rings is 1. The van der Waals surface area contributed by atoms with Gasteiger partial charge in [0.05, 0.1) is 11.6 Å². The molecule has 1 heterocycles. The van der Waals surface area contributed by atoms with Gasteiger partial charge < -0.3 is 15.4 Å². The average Bonchev–Trinajstić information content (AvgIpc) is 2.76. The molecule has 1 atom stereocenters. The van der Waals surface area contributed by atoms with Gasteiger partial charge in [0.2, 0.25) is 0 Å². The van der Waals surface area contributed by atoms with Gasteiger partial charge in [-0.1, -0.05) is 60.5 Å². The molecule has 0 bridgehead atoms. The zero-order valence-corrected chi connectivity index (χ0v) is 24.3. The number of piperidine rings is 1. The SMILES string of the molecule is C=CCC(c1cc(Br)c(Cl)cc1/C=C(\C)Br)C1CCN(C(=O)OCC)CC1.C=CN.CCC. The van der Waals surface area contributed by atoms with E-state index in [2.05, 4.69) is 76.7 Å². The smallest absolute Gasteiger partial charge is 0.409 e. The van der Waals surface area contributed by atoms with Gasteiger partial charge in [-0.05, 0) is 101 Å². The van der Waals surface area contributed by atoms with Gasteiger partial charge >= 0.3 is 6.09 Å². The first kappa shape index (κ1) is 31.8. The highest BCUT2D eigenvalue weighted by Gasteiger charge is 2.30. The highest BCUT2D eigenvalue weighted by molar-refractivity contribution is 9.11. The summed E-state index contributed by atoms with van der Waals surface area (Å²) in [6, 6.07) is 4.14. The van der Waals surface area contributed by atoms with E-state index >= 15 is 0 Å². The van der Waals surface area contributed by atoms with Gasteiger partial charge in [-0.2, -0.15) is 0 Å². The molecule has 0 saturated carbocycles. The predicted octanol–water partition coefficient (Wildman–Crippen LogP) is 8.89. The maximum atomic E-state index is 12.0. The quantitative estimate of drug-likeness (QED) is 0.329. The zero-order chi connectivity index (χ0) is 25.4. The number of carbonyl (C=O) groups excluding carboxylic acids is 1. The molecule has 33 heavy (non-hydrogen) atoms. The molecule has 1 unspecified atom stereocenters. The van der Waals surface area contributed by atoms with Crippen molar-refractivity contribution in [2.24, 2.45) is 11.7 Å². The fourth-order valence-electron chi connectivity index (χ4n) is 3.69. The van der Waals surface area contributed by atoms with Crippen LogP contribution in [-0.2, 0) is 4.74 Å². The molecule has 2 N–H and O–H groups in total. The minimum absolute atomic E-state index is 0.205. The number of hydrogen-bond acceptors (Lipinski definition) is 3. The third-order valence-corrected chi connectivity index (χ3v) is 6.36. The standard InChI is InChI=1S/C21H26Br2ClNO2.C3H8.C2H5N/c1-4-6-17(15-7-9-25(10-8-15)21(26)27-5-2)18-13-19(23)20(24)12-16(18)11-14(3)22;1-3-2;1-2-3/h4,11-13,15,17H,1,5-10H2,2-3H3;3H2,1-2H3;2H,1,3H2/b14-11+;;. The van der Waals surface area contributed by atoms with Gasteiger partial charge in [0.25, 0.3) is 0 Å². The third kappa shape index (κ3) is 11.6. The van der Waals surface area contributed by atoms with E-state index in [-0.39, 0.29) is 6.09 Å². The van der Waals surface area contributed by atoms with Crippen LogP contribution in [0.15, 0.2) is 46.5 Å². The molecule has 1 aliphatic rings. The Kier molecular flexibility index (Phi) is 17.5. The van der Waals surface area contributed by atoms with Gasteiger partial charge in [-0.3, -0.25) is 0 Å². The topological polar surface area (TPSA) is 55.6 Å². The molecular formula is C26H39Br2ClN2O2. The Balaban J connectivity index is 0.00000154. The zero-order valence-electron chi connectivity index (χ0n) is 20.4. The summed E-state index contributed by atoms with van der Waals surface area (Å²) in [6.07, 6.45) is 9.18. The number of ether oxygens (including phenoxy) is 1. The fourth-order valence-corrected chi connectivity index (χ4v) is 4.47. The van der Waals surface area contributed by atoms with Crippen LogP contribution in [0.4, 0.5) is 4.79 Å². The number of likely N-dealkylation sites (tertiary alicyclic amines) is 1. The van der Waals surface area contributed by atoms with Gasteiger partial charge in [-0.15, -0.1) is 6.58 Å². The number of amides is 1. The Bertz CT molecular complexity index is 772. The van der Waals surface area contributed by atoms with Crippen LogP contribution < -0.4 is 5.73 Å². The highest BCUT2D eigenvalue weighted by atomic mass is 79.9. The normalized spacial score (nSPS) is 14.8. The number of nitrogens with two attached hydrogens (primary N) is 1. The molecule has 2 rings (SSSR count). The molecule has 0 radical (unpaired) electrons. The molecule has 1 aromatic rings. The summed E-state index contributed by atoms with van der Waals surface area (Å²) in [5.41, 5.74) is 7.00. The van der Waals surface area contributed by atoms with Gasteiger partial charge in [0.1, 0.15) is 0 Å². The Hall–Kier alpha value is -1.24. The van der Waals surface area contributed by atoms with Crippen LogP contribution in [0.25, 0.3) is 6.08 Å². The monoisotopic (exact) mass is 604 g/mol. The third-order valence-electron chi connectivity index (χ3n) is 4.94. The van der Waals surface area contributed by atoms with E-state index in [1.807, 2.05) is 30.9 Å². The maximum Gasteiger partial charge on any atom is 0.409 e. The second-order valence-electron chi connectivity index (χ2n) is 7.72. The summed E-state index contributed by atoms with van der Waals surface area (Å²) in [5.74, 6) is 0.808. The highest BCUT2D eigenvalue weighted by Crippen LogP contribution is 2.40. The molecule has 1 amide bonds. The lowest BCUT2D eigenvalue weighted by molar-refractivity contribution is 0.0888. The number of rotatable bonds is 6. The first-order chi connectivity index (χ1) is 15.7. The number of nitrogens with zero attached hydrogens (tertiary/aromatic N) is 1. The van der Waals surface area contributed by atoms with Crippen LogP contribution in [-0.4, -0.2) is 30.7 Å².